The highest BCUT2D eigenvalue weighted by Crippen LogP contribution is 2.14. The van der Waals surface area contributed by atoms with E-state index in [2.05, 4.69) is 59.3 Å². The molecule has 1 amide bonds. The lowest BCUT2D eigenvalue weighted by atomic mass is 10.1. The minimum Gasteiger partial charge on any atom is -0.325 e. The summed E-state index contributed by atoms with van der Waals surface area (Å²) in [5.74, 6) is 0.0692. The van der Waals surface area contributed by atoms with E-state index < -0.39 is 0 Å². The van der Waals surface area contributed by atoms with Crippen molar-refractivity contribution in [1.82, 2.24) is 9.80 Å². The van der Waals surface area contributed by atoms with Crippen LogP contribution in [-0.2, 0) is 11.3 Å². The summed E-state index contributed by atoms with van der Waals surface area (Å²) in [5, 5.41) is 3.01. The number of hydrogen-bond acceptors (Lipinski definition) is 3. The van der Waals surface area contributed by atoms with Gasteiger partial charge in [-0.3, -0.25) is 14.6 Å². The number of rotatable bonds is 5. The molecular weight excluding hydrogens is 310 g/mol. The summed E-state index contributed by atoms with van der Waals surface area (Å²) in [6.45, 7) is 9.49. The van der Waals surface area contributed by atoms with Crippen molar-refractivity contribution >= 4 is 11.6 Å². The van der Waals surface area contributed by atoms with Gasteiger partial charge in [0.2, 0.25) is 5.91 Å². The zero-order valence-electron chi connectivity index (χ0n) is 15.2. The Bertz CT molecular complexity index is 706. The minimum absolute atomic E-state index is 0.0692. The summed E-state index contributed by atoms with van der Waals surface area (Å²) in [7, 11) is 0. The van der Waals surface area contributed by atoms with Gasteiger partial charge in [-0.2, -0.15) is 0 Å². The van der Waals surface area contributed by atoms with Gasteiger partial charge in [-0.05, 0) is 42.7 Å². The first-order chi connectivity index (χ1) is 12.1. The molecule has 132 valence electrons. The fraction of sp³-hybridized carbons (Fsp3) is 0.381. The van der Waals surface area contributed by atoms with Crippen molar-refractivity contribution < 1.29 is 4.79 Å². The molecule has 2 aromatic carbocycles. The summed E-state index contributed by atoms with van der Waals surface area (Å²) in [4.78, 5) is 17.0. The van der Waals surface area contributed by atoms with Gasteiger partial charge in [-0.1, -0.05) is 36.4 Å². The van der Waals surface area contributed by atoms with E-state index in [4.69, 9.17) is 0 Å². The van der Waals surface area contributed by atoms with Gasteiger partial charge in [0.05, 0.1) is 6.54 Å². The second-order valence-corrected chi connectivity index (χ2v) is 6.89. The molecule has 0 aromatic heterocycles. The molecule has 4 heteroatoms. The van der Waals surface area contributed by atoms with Gasteiger partial charge < -0.3 is 5.32 Å². The molecule has 1 aliphatic heterocycles. The predicted molar refractivity (Wildman–Crippen MR) is 103 cm³/mol. The monoisotopic (exact) mass is 337 g/mol. The molecule has 1 saturated heterocycles. The maximum absolute atomic E-state index is 12.3. The molecule has 0 spiro atoms. The van der Waals surface area contributed by atoms with Crippen molar-refractivity contribution in [3.63, 3.8) is 0 Å². The number of benzene rings is 2. The van der Waals surface area contributed by atoms with Crippen LogP contribution in [0.25, 0.3) is 0 Å². The molecule has 0 bridgehead atoms. The van der Waals surface area contributed by atoms with Crippen LogP contribution < -0.4 is 5.32 Å². The van der Waals surface area contributed by atoms with Gasteiger partial charge in [-0.25, -0.2) is 0 Å². The van der Waals surface area contributed by atoms with Gasteiger partial charge in [-0.15, -0.1) is 0 Å². The van der Waals surface area contributed by atoms with Crippen molar-refractivity contribution in [2.75, 3.05) is 38.0 Å². The number of hydrogen-bond donors (Lipinski definition) is 1. The largest absolute Gasteiger partial charge is 0.325 e. The first-order valence-corrected chi connectivity index (χ1v) is 8.96. The highest BCUT2D eigenvalue weighted by Gasteiger charge is 2.19. The molecule has 1 N–H and O–H groups in total. The third-order valence-corrected chi connectivity index (χ3v) is 4.87. The Morgan fingerprint density at radius 1 is 0.920 bits per heavy atom. The lowest BCUT2D eigenvalue weighted by Gasteiger charge is -2.34. The highest BCUT2D eigenvalue weighted by molar-refractivity contribution is 5.92. The lowest BCUT2D eigenvalue weighted by molar-refractivity contribution is -0.117. The number of amides is 1. The Labute approximate surface area is 150 Å². The third-order valence-electron chi connectivity index (χ3n) is 4.87. The van der Waals surface area contributed by atoms with Crippen LogP contribution in [0.3, 0.4) is 0 Å². The first kappa shape index (κ1) is 17.6. The molecule has 0 unspecified atom stereocenters. The number of carbonyl (C=O) groups excluding carboxylic acids is 1. The summed E-state index contributed by atoms with van der Waals surface area (Å²) < 4.78 is 0. The van der Waals surface area contributed by atoms with E-state index in [9.17, 15) is 4.79 Å². The van der Waals surface area contributed by atoms with Crippen LogP contribution in [0.15, 0.2) is 48.5 Å². The predicted octanol–water partition coefficient (Wildman–Crippen LogP) is 3.06. The Morgan fingerprint density at radius 3 is 2.28 bits per heavy atom. The molecule has 0 aliphatic carbocycles. The quantitative estimate of drug-likeness (QED) is 0.911. The normalized spacial score (nSPS) is 15.9. The Kier molecular flexibility index (Phi) is 5.84. The van der Waals surface area contributed by atoms with Crippen LogP contribution in [0, 0.1) is 13.8 Å². The molecule has 0 saturated carbocycles. The fourth-order valence-corrected chi connectivity index (χ4v) is 3.17. The van der Waals surface area contributed by atoms with Crippen LogP contribution in [0.1, 0.15) is 16.7 Å². The van der Waals surface area contributed by atoms with Crippen molar-refractivity contribution in [2.45, 2.75) is 20.4 Å². The summed E-state index contributed by atoms with van der Waals surface area (Å²) in [6, 6.07) is 16.6. The maximum Gasteiger partial charge on any atom is 0.238 e. The molecule has 1 heterocycles. The Balaban J connectivity index is 1.43. The van der Waals surface area contributed by atoms with E-state index in [1.165, 1.54) is 16.7 Å². The van der Waals surface area contributed by atoms with Crippen molar-refractivity contribution in [2.24, 2.45) is 0 Å². The number of anilines is 1. The van der Waals surface area contributed by atoms with Crippen LogP contribution in [0.2, 0.25) is 0 Å². The molecule has 1 aliphatic rings. The van der Waals surface area contributed by atoms with E-state index in [1.54, 1.807) is 0 Å². The topological polar surface area (TPSA) is 35.6 Å². The van der Waals surface area contributed by atoms with Gasteiger partial charge in [0.25, 0.3) is 0 Å². The van der Waals surface area contributed by atoms with Crippen molar-refractivity contribution in [3.05, 3.63) is 65.2 Å². The first-order valence-electron chi connectivity index (χ1n) is 8.96. The molecule has 2 aromatic rings. The van der Waals surface area contributed by atoms with E-state index in [0.29, 0.717) is 6.54 Å². The zero-order valence-corrected chi connectivity index (χ0v) is 15.2. The molecule has 0 radical (unpaired) electrons. The third kappa shape index (κ3) is 5.15. The van der Waals surface area contributed by atoms with Crippen molar-refractivity contribution in [1.29, 1.82) is 0 Å². The maximum atomic E-state index is 12.3. The van der Waals surface area contributed by atoms with Gasteiger partial charge >= 0.3 is 0 Å². The molecule has 4 nitrogen and oxygen atoms in total. The average molecular weight is 337 g/mol. The summed E-state index contributed by atoms with van der Waals surface area (Å²) in [5.41, 5.74) is 4.68. The standard InChI is InChI=1S/C21H27N3O/c1-17-8-9-20(14-18(17)2)22-21(25)16-24-12-10-23(11-13-24)15-19-6-4-3-5-7-19/h3-9,14H,10-13,15-16H2,1-2H3,(H,22,25). The molecule has 25 heavy (non-hydrogen) atoms. The lowest BCUT2D eigenvalue weighted by Crippen LogP contribution is -2.48. The molecular formula is C21H27N3O. The number of carbonyl (C=O) groups is 1. The minimum atomic E-state index is 0.0692. The molecule has 3 rings (SSSR count). The Hall–Kier alpha value is -2.17. The van der Waals surface area contributed by atoms with Gasteiger partial charge in [0.15, 0.2) is 0 Å². The van der Waals surface area contributed by atoms with Crippen LogP contribution in [-0.4, -0.2) is 48.4 Å². The zero-order chi connectivity index (χ0) is 17.6. The Morgan fingerprint density at radius 2 is 1.60 bits per heavy atom. The van der Waals surface area contributed by atoms with Crippen LogP contribution in [0.4, 0.5) is 5.69 Å². The second kappa shape index (κ2) is 8.28. The molecule has 0 atom stereocenters. The second-order valence-electron chi connectivity index (χ2n) is 6.89. The van der Waals surface area contributed by atoms with Gasteiger partial charge in [0.1, 0.15) is 0 Å². The number of nitrogens with zero attached hydrogens (tertiary/aromatic N) is 2. The van der Waals surface area contributed by atoms with E-state index in [-0.39, 0.29) is 5.91 Å². The van der Waals surface area contributed by atoms with Crippen LogP contribution in [0.5, 0.6) is 0 Å². The molecule has 1 fully saturated rings. The van der Waals surface area contributed by atoms with Crippen LogP contribution >= 0.6 is 0 Å². The fourth-order valence-electron chi connectivity index (χ4n) is 3.17. The summed E-state index contributed by atoms with van der Waals surface area (Å²) >= 11 is 0. The van der Waals surface area contributed by atoms with Gasteiger partial charge in [0, 0.05) is 38.4 Å². The average Bonchev–Trinajstić information content (AvgIpc) is 2.61. The number of piperazine rings is 1. The van der Waals surface area contributed by atoms with E-state index >= 15 is 0 Å². The summed E-state index contributed by atoms with van der Waals surface area (Å²) in [6.07, 6.45) is 0. The van der Waals surface area contributed by atoms with E-state index in [1.807, 2.05) is 18.2 Å². The number of nitrogens with one attached hydrogen (secondary N) is 1. The SMILES string of the molecule is Cc1ccc(NC(=O)CN2CCN(Cc3ccccc3)CC2)cc1C. The smallest absolute Gasteiger partial charge is 0.238 e. The van der Waals surface area contributed by atoms with Crippen molar-refractivity contribution in [3.8, 4) is 0 Å². The highest BCUT2D eigenvalue weighted by atomic mass is 16.2. The number of aryl methyl sites for hydroxylation is 2. The van der Waals surface area contributed by atoms with E-state index in [0.717, 1.165) is 38.4 Å².